The van der Waals surface area contributed by atoms with Crippen LogP contribution in [-0.4, -0.2) is 32.1 Å². The van der Waals surface area contributed by atoms with Crippen molar-refractivity contribution in [1.29, 1.82) is 0 Å². The number of ether oxygens (including phenoxy) is 1. The molecule has 0 saturated carbocycles. The van der Waals surface area contributed by atoms with Gasteiger partial charge in [-0.2, -0.15) is 0 Å². The Morgan fingerprint density at radius 3 is 2.66 bits per heavy atom. The Morgan fingerprint density at radius 1 is 1.07 bits per heavy atom. The first kappa shape index (κ1) is 22.3. The maximum absolute atomic E-state index is 11.8. The van der Waals surface area contributed by atoms with E-state index in [9.17, 15) is 4.79 Å². The van der Waals surface area contributed by atoms with E-state index in [2.05, 4.69) is 27.0 Å². The highest BCUT2D eigenvalue weighted by atomic mass is 16.5. The number of aliphatic imine (C=N–C) groups is 1. The van der Waals surface area contributed by atoms with Gasteiger partial charge in [-0.15, -0.1) is 0 Å². The van der Waals surface area contributed by atoms with Crippen molar-refractivity contribution in [3.05, 3.63) is 59.7 Å². The van der Waals surface area contributed by atoms with Gasteiger partial charge in [0.15, 0.2) is 5.96 Å². The smallest absolute Gasteiger partial charge is 0.224 e. The standard InChI is InChI=1S/C23H32N4O2/c1-4-9-22(28)27-20-12-8-10-18(16-20)17-26-23(24-5-2)25-15-14-19-11-6-7-13-21(19)29-3/h6-8,10-13,16H,4-5,9,14-15,17H2,1-3H3,(H,27,28)(H2,24,25,26). The lowest BCUT2D eigenvalue weighted by molar-refractivity contribution is -0.116. The first-order chi connectivity index (χ1) is 14.2. The number of anilines is 1. The molecule has 3 N–H and O–H groups in total. The van der Waals surface area contributed by atoms with Crippen LogP contribution < -0.4 is 20.7 Å². The number of benzene rings is 2. The van der Waals surface area contributed by atoms with Gasteiger partial charge in [0.1, 0.15) is 5.75 Å². The SMILES string of the molecule is CCCC(=O)Nc1cccc(CN=C(NCC)NCCc2ccccc2OC)c1. The molecule has 0 fully saturated rings. The predicted molar refractivity (Wildman–Crippen MR) is 119 cm³/mol. The third-order valence-electron chi connectivity index (χ3n) is 4.33. The molecule has 0 bridgehead atoms. The topological polar surface area (TPSA) is 74.8 Å². The molecule has 0 aliphatic heterocycles. The fourth-order valence-corrected chi connectivity index (χ4v) is 2.94. The van der Waals surface area contributed by atoms with Crippen molar-refractivity contribution in [2.45, 2.75) is 39.7 Å². The Labute approximate surface area is 173 Å². The van der Waals surface area contributed by atoms with Crippen molar-refractivity contribution in [3.8, 4) is 5.75 Å². The van der Waals surface area contributed by atoms with E-state index in [4.69, 9.17) is 4.74 Å². The summed E-state index contributed by atoms with van der Waals surface area (Å²) in [5.74, 6) is 1.71. The average molecular weight is 397 g/mol. The molecule has 0 saturated heterocycles. The first-order valence-corrected chi connectivity index (χ1v) is 10.2. The van der Waals surface area contributed by atoms with Crippen LogP contribution in [0, 0.1) is 0 Å². The molecule has 29 heavy (non-hydrogen) atoms. The third kappa shape index (κ3) is 7.86. The van der Waals surface area contributed by atoms with E-state index in [1.807, 2.05) is 56.3 Å². The Kier molecular flexibility index (Phi) is 9.55. The number of guanidine groups is 1. The number of nitrogens with zero attached hydrogens (tertiary/aromatic N) is 1. The summed E-state index contributed by atoms with van der Waals surface area (Å²) in [5.41, 5.74) is 3.01. The number of carbonyl (C=O) groups excluding carboxylic acids is 1. The van der Waals surface area contributed by atoms with Crippen LogP contribution in [0.1, 0.15) is 37.8 Å². The summed E-state index contributed by atoms with van der Waals surface area (Å²) in [6.45, 7) is 6.10. The first-order valence-electron chi connectivity index (χ1n) is 10.2. The van der Waals surface area contributed by atoms with Gasteiger partial charge < -0.3 is 20.7 Å². The van der Waals surface area contributed by atoms with Gasteiger partial charge in [-0.05, 0) is 49.1 Å². The van der Waals surface area contributed by atoms with Crippen LogP contribution in [-0.2, 0) is 17.8 Å². The summed E-state index contributed by atoms with van der Waals surface area (Å²) in [4.78, 5) is 16.5. The van der Waals surface area contributed by atoms with Crippen LogP contribution >= 0.6 is 0 Å². The molecule has 2 rings (SSSR count). The molecule has 0 unspecified atom stereocenters. The monoisotopic (exact) mass is 396 g/mol. The minimum Gasteiger partial charge on any atom is -0.496 e. The Balaban J connectivity index is 1.93. The molecule has 0 heterocycles. The second kappa shape index (κ2) is 12.4. The molecular weight excluding hydrogens is 364 g/mol. The van der Waals surface area contributed by atoms with Crippen LogP contribution in [0.25, 0.3) is 0 Å². The minimum atomic E-state index is 0.0412. The number of amides is 1. The highest BCUT2D eigenvalue weighted by molar-refractivity contribution is 5.90. The zero-order chi connectivity index (χ0) is 20.9. The zero-order valence-corrected chi connectivity index (χ0v) is 17.6. The van der Waals surface area contributed by atoms with Crippen LogP contribution in [0.3, 0.4) is 0 Å². The number of methoxy groups -OCH3 is 1. The molecule has 0 aliphatic carbocycles. The van der Waals surface area contributed by atoms with Crippen LogP contribution in [0.5, 0.6) is 5.75 Å². The Morgan fingerprint density at radius 2 is 1.90 bits per heavy atom. The number of hydrogen-bond acceptors (Lipinski definition) is 3. The number of hydrogen-bond donors (Lipinski definition) is 3. The van der Waals surface area contributed by atoms with Crippen molar-refractivity contribution < 1.29 is 9.53 Å². The maximum Gasteiger partial charge on any atom is 0.224 e. The van der Waals surface area contributed by atoms with Crippen molar-refractivity contribution in [3.63, 3.8) is 0 Å². The minimum absolute atomic E-state index is 0.0412. The summed E-state index contributed by atoms with van der Waals surface area (Å²) in [6.07, 6.45) is 2.21. The Hall–Kier alpha value is -3.02. The van der Waals surface area contributed by atoms with Gasteiger partial charge in [-0.25, -0.2) is 4.99 Å². The van der Waals surface area contributed by atoms with Crippen molar-refractivity contribution >= 4 is 17.6 Å². The number of carbonyl (C=O) groups is 1. The van der Waals surface area contributed by atoms with Gasteiger partial charge in [-0.3, -0.25) is 4.79 Å². The van der Waals surface area contributed by atoms with E-state index < -0.39 is 0 Å². The highest BCUT2D eigenvalue weighted by Crippen LogP contribution is 2.17. The lowest BCUT2D eigenvalue weighted by atomic mass is 10.1. The van der Waals surface area contributed by atoms with Crippen molar-refractivity contribution in [2.24, 2.45) is 4.99 Å². The fourth-order valence-electron chi connectivity index (χ4n) is 2.94. The summed E-state index contributed by atoms with van der Waals surface area (Å²) in [6, 6.07) is 15.9. The summed E-state index contributed by atoms with van der Waals surface area (Å²) in [5, 5.41) is 9.57. The second-order valence-electron chi connectivity index (χ2n) is 6.68. The van der Waals surface area contributed by atoms with E-state index in [1.165, 1.54) is 0 Å². The molecule has 0 spiro atoms. The molecule has 0 radical (unpaired) electrons. The number of para-hydroxylation sites is 1. The van der Waals surface area contributed by atoms with Crippen LogP contribution in [0.15, 0.2) is 53.5 Å². The molecule has 156 valence electrons. The fraction of sp³-hybridized carbons (Fsp3) is 0.391. The summed E-state index contributed by atoms with van der Waals surface area (Å²) < 4.78 is 5.41. The third-order valence-corrected chi connectivity index (χ3v) is 4.33. The molecule has 2 aromatic rings. The van der Waals surface area contributed by atoms with Gasteiger partial charge in [0.2, 0.25) is 5.91 Å². The molecule has 0 aromatic heterocycles. The molecule has 6 heteroatoms. The molecule has 6 nitrogen and oxygen atoms in total. The van der Waals surface area contributed by atoms with E-state index in [1.54, 1.807) is 7.11 Å². The normalized spacial score (nSPS) is 11.1. The van der Waals surface area contributed by atoms with Crippen molar-refractivity contribution in [1.82, 2.24) is 10.6 Å². The van der Waals surface area contributed by atoms with E-state index in [0.717, 1.165) is 54.5 Å². The molecule has 2 aromatic carbocycles. The van der Waals surface area contributed by atoms with Gasteiger partial charge in [0.05, 0.1) is 13.7 Å². The lowest BCUT2D eigenvalue weighted by Crippen LogP contribution is -2.38. The van der Waals surface area contributed by atoms with E-state index >= 15 is 0 Å². The molecular formula is C23H32N4O2. The average Bonchev–Trinajstić information content (AvgIpc) is 2.73. The lowest BCUT2D eigenvalue weighted by Gasteiger charge is -2.13. The molecule has 0 aliphatic rings. The summed E-state index contributed by atoms with van der Waals surface area (Å²) in [7, 11) is 1.69. The molecule has 0 atom stereocenters. The summed E-state index contributed by atoms with van der Waals surface area (Å²) >= 11 is 0. The molecule has 1 amide bonds. The zero-order valence-electron chi connectivity index (χ0n) is 17.6. The predicted octanol–water partition coefficient (Wildman–Crippen LogP) is 3.73. The largest absolute Gasteiger partial charge is 0.496 e. The quantitative estimate of drug-likeness (QED) is 0.423. The number of nitrogens with one attached hydrogen (secondary N) is 3. The highest BCUT2D eigenvalue weighted by Gasteiger charge is 2.04. The van der Waals surface area contributed by atoms with E-state index in [-0.39, 0.29) is 5.91 Å². The van der Waals surface area contributed by atoms with Gasteiger partial charge in [-0.1, -0.05) is 37.3 Å². The Bertz CT molecular complexity index is 805. The van der Waals surface area contributed by atoms with Gasteiger partial charge in [0, 0.05) is 25.2 Å². The number of rotatable bonds is 10. The van der Waals surface area contributed by atoms with Gasteiger partial charge >= 0.3 is 0 Å². The second-order valence-corrected chi connectivity index (χ2v) is 6.68. The van der Waals surface area contributed by atoms with Crippen LogP contribution in [0.4, 0.5) is 5.69 Å². The van der Waals surface area contributed by atoms with Crippen LogP contribution in [0.2, 0.25) is 0 Å². The van der Waals surface area contributed by atoms with Crippen molar-refractivity contribution in [2.75, 3.05) is 25.5 Å². The van der Waals surface area contributed by atoms with Gasteiger partial charge in [0.25, 0.3) is 0 Å². The van der Waals surface area contributed by atoms with E-state index in [0.29, 0.717) is 13.0 Å². The maximum atomic E-state index is 11.8.